The Labute approximate surface area is 160 Å². The Morgan fingerprint density at radius 2 is 2.00 bits per heavy atom. The highest BCUT2D eigenvalue weighted by Gasteiger charge is 2.43. The van der Waals surface area contributed by atoms with E-state index in [1.807, 2.05) is 24.3 Å². The lowest BCUT2D eigenvalue weighted by molar-refractivity contribution is 0.0665. The summed E-state index contributed by atoms with van der Waals surface area (Å²) in [5.74, 6) is 0.153. The van der Waals surface area contributed by atoms with E-state index in [1.165, 1.54) is 17.0 Å². The fraction of sp³-hybridized carbons (Fsp3) is 0.500. The predicted molar refractivity (Wildman–Crippen MR) is 105 cm³/mol. The number of rotatable bonds is 4. The Balaban J connectivity index is 1.52. The average molecular weight is 365 g/mol. The number of benzene rings is 1. The van der Waals surface area contributed by atoms with Crippen molar-refractivity contribution in [3.05, 3.63) is 52.8 Å². The number of nitrogens with zero attached hydrogens (tertiary/aromatic N) is 2. The molecule has 1 saturated carbocycles. The van der Waals surface area contributed by atoms with Crippen LogP contribution in [-0.4, -0.2) is 34.1 Å². The summed E-state index contributed by atoms with van der Waals surface area (Å²) in [4.78, 5) is 15.3. The van der Waals surface area contributed by atoms with Crippen LogP contribution in [0.5, 0.6) is 0 Å². The van der Waals surface area contributed by atoms with Crippen LogP contribution < -0.4 is 5.32 Å². The van der Waals surface area contributed by atoms with Gasteiger partial charge in [0, 0.05) is 41.8 Å². The Bertz CT molecular complexity index is 878. The van der Waals surface area contributed by atoms with Crippen LogP contribution in [-0.2, 0) is 11.3 Å². The van der Waals surface area contributed by atoms with Gasteiger partial charge in [-0.05, 0) is 57.7 Å². The van der Waals surface area contributed by atoms with Gasteiger partial charge < -0.3 is 19.5 Å². The lowest BCUT2D eigenvalue weighted by atomic mass is 10.0. The number of hydrogen-bond donors (Lipinski definition) is 1. The van der Waals surface area contributed by atoms with E-state index >= 15 is 0 Å². The normalized spacial score (nSPS) is 24.8. The lowest BCUT2D eigenvalue weighted by Gasteiger charge is -2.38. The third-order valence-electron chi connectivity index (χ3n) is 6.22. The molecule has 1 saturated heterocycles. The number of aryl methyl sites for hydroxylation is 1. The van der Waals surface area contributed by atoms with Crippen molar-refractivity contribution in [1.82, 2.24) is 9.47 Å². The molecule has 3 heterocycles. The van der Waals surface area contributed by atoms with Crippen molar-refractivity contribution in [2.45, 2.75) is 64.4 Å². The van der Waals surface area contributed by atoms with Gasteiger partial charge in [0.2, 0.25) is 0 Å². The molecule has 1 aromatic carbocycles. The van der Waals surface area contributed by atoms with Crippen molar-refractivity contribution in [1.29, 1.82) is 0 Å². The number of fused-ring (bicyclic) bond motifs is 1. The zero-order valence-electron chi connectivity index (χ0n) is 16.1. The Kier molecular flexibility index (Phi) is 4.01. The first-order valence-electron chi connectivity index (χ1n) is 10.1. The van der Waals surface area contributed by atoms with Gasteiger partial charge in [-0.2, -0.15) is 0 Å². The summed E-state index contributed by atoms with van der Waals surface area (Å²) in [6.45, 7) is 6.11. The highest BCUT2D eigenvalue weighted by atomic mass is 16.5. The second-order valence-electron chi connectivity index (χ2n) is 8.11. The van der Waals surface area contributed by atoms with Crippen LogP contribution in [0.15, 0.2) is 30.3 Å². The maximum absolute atomic E-state index is 13.2. The molecule has 27 heavy (non-hydrogen) atoms. The lowest BCUT2D eigenvalue weighted by Crippen LogP contribution is -2.44. The molecule has 2 atom stereocenters. The minimum atomic E-state index is -0.0932. The van der Waals surface area contributed by atoms with Crippen molar-refractivity contribution >= 4 is 11.6 Å². The van der Waals surface area contributed by atoms with E-state index in [2.05, 4.69) is 34.7 Å². The third-order valence-corrected chi connectivity index (χ3v) is 6.22. The first kappa shape index (κ1) is 16.9. The van der Waals surface area contributed by atoms with Gasteiger partial charge in [0.1, 0.15) is 6.17 Å². The summed E-state index contributed by atoms with van der Waals surface area (Å²) in [5.41, 5.74) is 5.41. The number of carbonyl (C=O) groups excluding carboxylic acids is 1. The molecule has 2 aliphatic heterocycles. The van der Waals surface area contributed by atoms with E-state index in [4.69, 9.17) is 4.74 Å². The molecule has 1 N–H and O–H groups in total. The molecule has 1 amide bonds. The molecular formula is C22H27N3O2. The fourth-order valence-corrected chi connectivity index (χ4v) is 4.60. The summed E-state index contributed by atoms with van der Waals surface area (Å²) in [7, 11) is 0. The number of para-hydroxylation sites is 1. The fourth-order valence-electron chi connectivity index (χ4n) is 4.60. The molecule has 3 aliphatic rings. The average Bonchev–Trinajstić information content (AvgIpc) is 3.30. The van der Waals surface area contributed by atoms with Gasteiger partial charge in [0.25, 0.3) is 5.91 Å². The van der Waals surface area contributed by atoms with E-state index in [0.717, 1.165) is 50.1 Å². The van der Waals surface area contributed by atoms with E-state index in [0.29, 0.717) is 12.1 Å². The van der Waals surface area contributed by atoms with Crippen LogP contribution in [0.3, 0.4) is 0 Å². The van der Waals surface area contributed by atoms with Crippen LogP contribution in [0, 0.1) is 13.8 Å². The molecule has 0 bridgehead atoms. The first-order chi connectivity index (χ1) is 13.1. The summed E-state index contributed by atoms with van der Waals surface area (Å²) >= 11 is 0. The highest BCUT2D eigenvalue weighted by molar-refractivity contribution is 6.02. The Hall–Kier alpha value is -2.27. The number of aromatic nitrogens is 1. The largest absolute Gasteiger partial charge is 0.376 e. The standard InChI is InChI=1S/C22H27N3O2/c1-14-12-19(15(2)24(14)13-17-6-5-11-27-17)21-23-20-8-4-3-7-18(20)22(26)25(21)16-9-10-16/h3-4,7-8,12,16-17,21,23H,5-6,9-11,13H2,1-2H3/t17-,21+/m1/s1. The molecule has 1 aliphatic carbocycles. The van der Waals surface area contributed by atoms with Crippen LogP contribution in [0.25, 0.3) is 0 Å². The molecule has 0 radical (unpaired) electrons. The monoisotopic (exact) mass is 365 g/mol. The highest BCUT2D eigenvalue weighted by Crippen LogP contribution is 2.42. The summed E-state index contributed by atoms with van der Waals surface area (Å²) in [6, 6.07) is 10.5. The summed E-state index contributed by atoms with van der Waals surface area (Å²) in [6.07, 6.45) is 4.70. The van der Waals surface area contributed by atoms with Gasteiger partial charge >= 0.3 is 0 Å². The number of amides is 1. The third kappa shape index (κ3) is 2.85. The quantitative estimate of drug-likeness (QED) is 0.890. The van der Waals surface area contributed by atoms with Crippen molar-refractivity contribution in [2.24, 2.45) is 0 Å². The number of hydrogen-bond acceptors (Lipinski definition) is 3. The van der Waals surface area contributed by atoms with Crippen LogP contribution in [0.4, 0.5) is 5.69 Å². The van der Waals surface area contributed by atoms with Crippen molar-refractivity contribution in [2.75, 3.05) is 11.9 Å². The maximum Gasteiger partial charge on any atom is 0.258 e. The summed E-state index contributed by atoms with van der Waals surface area (Å²) in [5, 5.41) is 3.65. The number of ether oxygens (including phenoxy) is 1. The molecule has 0 spiro atoms. The topological polar surface area (TPSA) is 46.5 Å². The second-order valence-corrected chi connectivity index (χ2v) is 8.11. The molecular weight excluding hydrogens is 338 g/mol. The smallest absolute Gasteiger partial charge is 0.258 e. The number of carbonyl (C=O) groups is 1. The molecule has 0 unspecified atom stereocenters. The molecule has 142 valence electrons. The number of anilines is 1. The molecule has 1 aromatic heterocycles. The van der Waals surface area contributed by atoms with Gasteiger partial charge in [-0.25, -0.2) is 0 Å². The van der Waals surface area contributed by atoms with Crippen molar-refractivity contribution < 1.29 is 9.53 Å². The number of nitrogens with one attached hydrogen (secondary N) is 1. The maximum atomic E-state index is 13.2. The van der Waals surface area contributed by atoms with Gasteiger partial charge in [0.05, 0.1) is 11.7 Å². The Morgan fingerprint density at radius 1 is 1.19 bits per heavy atom. The SMILES string of the molecule is Cc1cc([C@H]2Nc3ccccc3C(=O)N2C2CC2)c(C)n1C[C@H]1CCCO1. The van der Waals surface area contributed by atoms with Gasteiger partial charge in [-0.1, -0.05) is 12.1 Å². The minimum absolute atomic E-state index is 0.0932. The summed E-state index contributed by atoms with van der Waals surface area (Å²) < 4.78 is 8.22. The molecule has 2 aromatic rings. The molecule has 2 fully saturated rings. The zero-order valence-corrected chi connectivity index (χ0v) is 16.1. The van der Waals surface area contributed by atoms with Crippen molar-refractivity contribution in [3.8, 4) is 0 Å². The minimum Gasteiger partial charge on any atom is -0.376 e. The second kappa shape index (κ2) is 6.41. The van der Waals surface area contributed by atoms with E-state index in [1.54, 1.807) is 0 Å². The van der Waals surface area contributed by atoms with Crippen molar-refractivity contribution in [3.63, 3.8) is 0 Å². The van der Waals surface area contributed by atoms with E-state index in [-0.39, 0.29) is 12.1 Å². The van der Waals surface area contributed by atoms with E-state index < -0.39 is 0 Å². The zero-order chi connectivity index (χ0) is 18.5. The Morgan fingerprint density at radius 3 is 2.74 bits per heavy atom. The van der Waals surface area contributed by atoms with Crippen LogP contribution in [0.1, 0.15) is 59.2 Å². The molecule has 5 rings (SSSR count). The predicted octanol–water partition coefficient (Wildman–Crippen LogP) is 4.01. The van der Waals surface area contributed by atoms with Gasteiger partial charge in [0.15, 0.2) is 0 Å². The van der Waals surface area contributed by atoms with E-state index in [9.17, 15) is 4.79 Å². The van der Waals surface area contributed by atoms with Crippen LogP contribution in [0.2, 0.25) is 0 Å². The molecule has 5 heteroatoms. The van der Waals surface area contributed by atoms with Gasteiger partial charge in [-0.3, -0.25) is 4.79 Å². The van der Waals surface area contributed by atoms with Gasteiger partial charge in [-0.15, -0.1) is 0 Å². The molecule has 5 nitrogen and oxygen atoms in total. The first-order valence-corrected chi connectivity index (χ1v) is 10.1. The van der Waals surface area contributed by atoms with Crippen LogP contribution >= 0.6 is 0 Å².